The predicted octanol–water partition coefficient (Wildman–Crippen LogP) is 1.70. The van der Waals surface area contributed by atoms with Gasteiger partial charge in [0.05, 0.1) is 30.7 Å². The van der Waals surface area contributed by atoms with Crippen molar-refractivity contribution < 1.29 is 28.6 Å². The fourth-order valence-corrected chi connectivity index (χ4v) is 3.71. The van der Waals surface area contributed by atoms with Crippen molar-refractivity contribution in [1.29, 1.82) is 0 Å². The molecule has 2 aromatic rings. The highest BCUT2D eigenvalue weighted by molar-refractivity contribution is 7.18. The van der Waals surface area contributed by atoms with Crippen LogP contribution in [0.2, 0.25) is 0 Å². The van der Waals surface area contributed by atoms with E-state index in [0.717, 1.165) is 22.6 Å². The van der Waals surface area contributed by atoms with Crippen molar-refractivity contribution in [2.45, 2.75) is 13.5 Å². The van der Waals surface area contributed by atoms with Gasteiger partial charge in [-0.25, -0.2) is 4.79 Å². The molecule has 1 aromatic heterocycles. The minimum atomic E-state index is -0.680. The molecule has 30 heavy (non-hydrogen) atoms. The molecule has 0 atom stereocenters. The number of amides is 2. The Hall–Kier alpha value is -2.95. The number of hydrogen-bond acceptors (Lipinski definition) is 8. The maximum atomic E-state index is 12.4. The number of anilines is 1. The van der Waals surface area contributed by atoms with Gasteiger partial charge in [-0.1, -0.05) is 12.1 Å². The van der Waals surface area contributed by atoms with Gasteiger partial charge in [0.2, 0.25) is 5.91 Å². The molecular weight excluding hydrogens is 410 g/mol. The summed E-state index contributed by atoms with van der Waals surface area (Å²) in [6.45, 7) is 2.31. The number of esters is 1. The van der Waals surface area contributed by atoms with E-state index in [4.69, 9.17) is 19.9 Å². The summed E-state index contributed by atoms with van der Waals surface area (Å²) in [4.78, 5) is 36.7. The molecule has 0 unspecified atom stereocenters. The molecular formula is C20H25N3O6S. The van der Waals surface area contributed by atoms with E-state index < -0.39 is 11.9 Å². The number of rotatable bonds is 11. The molecule has 1 heterocycles. The van der Waals surface area contributed by atoms with E-state index in [1.165, 1.54) is 7.11 Å². The van der Waals surface area contributed by atoms with Crippen LogP contribution in [0.3, 0.4) is 0 Å². The zero-order valence-electron chi connectivity index (χ0n) is 17.1. The predicted molar refractivity (Wildman–Crippen MR) is 113 cm³/mol. The van der Waals surface area contributed by atoms with Crippen molar-refractivity contribution in [2.75, 3.05) is 39.3 Å². The fourth-order valence-electron chi connectivity index (χ4n) is 2.65. The van der Waals surface area contributed by atoms with Gasteiger partial charge in [-0.3, -0.25) is 9.59 Å². The minimum Gasteiger partial charge on any atom is -0.497 e. The van der Waals surface area contributed by atoms with Crippen LogP contribution in [0.5, 0.6) is 5.75 Å². The Kier molecular flexibility index (Phi) is 8.78. The zero-order valence-corrected chi connectivity index (χ0v) is 17.9. The van der Waals surface area contributed by atoms with Gasteiger partial charge in [-0.05, 0) is 30.2 Å². The number of ether oxygens (including phenoxy) is 3. The van der Waals surface area contributed by atoms with E-state index in [2.05, 4.69) is 10.6 Å². The van der Waals surface area contributed by atoms with E-state index in [1.807, 2.05) is 24.3 Å². The van der Waals surface area contributed by atoms with Gasteiger partial charge >= 0.3 is 5.97 Å². The molecule has 10 heteroatoms. The highest BCUT2D eigenvalue weighted by Gasteiger charge is 2.25. The van der Waals surface area contributed by atoms with Crippen molar-refractivity contribution in [1.82, 2.24) is 5.32 Å². The molecule has 0 fully saturated rings. The molecule has 1 aromatic carbocycles. The molecule has 162 valence electrons. The molecule has 9 nitrogen and oxygen atoms in total. The second-order valence-corrected chi connectivity index (χ2v) is 7.28. The smallest absolute Gasteiger partial charge is 0.341 e. The van der Waals surface area contributed by atoms with E-state index in [1.54, 1.807) is 14.0 Å². The number of nitrogens with one attached hydrogen (secondary N) is 2. The number of primary amides is 1. The highest BCUT2D eigenvalue weighted by Crippen LogP contribution is 2.33. The lowest BCUT2D eigenvalue weighted by Crippen LogP contribution is -2.28. The molecule has 0 bridgehead atoms. The van der Waals surface area contributed by atoms with Gasteiger partial charge in [0.25, 0.3) is 5.91 Å². The van der Waals surface area contributed by atoms with Crippen molar-refractivity contribution >= 4 is 34.1 Å². The average Bonchev–Trinajstić information content (AvgIpc) is 3.04. The summed E-state index contributed by atoms with van der Waals surface area (Å²) < 4.78 is 15.2. The Balaban J connectivity index is 2.04. The number of carbonyl (C=O) groups excluding carboxylic acids is 3. The lowest BCUT2D eigenvalue weighted by molar-refractivity contribution is -0.115. The molecule has 0 spiro atoms. The van der Waals surface area contributed by atoms with Crippen LogP contribution in [0.25, 0.3) is 0 Å². The summed E-state index contributed by atoms with van der Waals surface area (Å²) in [5.41, 5.74) is 6.82. The van der Waals surface area contributed by atoms with E-state index in [9.17, 15) is 14.4 Å². The second kappa shape index (κ2) is 11.3. The summed E-state index contributed by atoms with van der Waals surface area (Å²) in [7, 11) is 3.07. The number of hydrogen-bond donors (Lipinski definition) is 3. The number of thiophene rings is 1. The second-order valence-electron chi connectivity index (χ2n) is 6.26. The van der Waals surface area contributed by atoms with Gasteiger partial charge in [0.15, 0.2) is 0 Å². The number of methoxy groups -OCH3 is 2. The normalized spacial score (nSPS) is 10.5. The third kappa shape index (κ3) is 6.28. The van der Waals surface area contributed by atoms with Crippen LogP contribution in [-0.4, -0.2) is 51.8 Å². The molecule has 2 rings (SSSR count). The van der Waals surface area contributed by atoms with Gasteiger partial charge in [0.1, 0.15) is 17.4 Å². The van der Waals surface area contributed by atoms with Crippen molar-refractivity contribution in [3.05, 3.63) is 45.8 Å². The molecule has 2 amide bonds. The zero-order chi connectivity index (χ0) is 22.1. The quantitative estimate of drug-likeness (QED) is 0.362. The van der Waals surface area contributed by atoms with Gasteiger partial charge < -0.3 is 30.6 Å². The summed E-state index contributed by atoms with van der Waals surface area (Å²) >= 11 is 0.942. The van der Waals surface area contributed by atoms with Crippen LogP contribution in [0.4, 0.5) is 5.00 Å². The number of nitrogens with two attached hydrogens (primary N) is 1. The molecule has 0 saturated heterocycles. The van der Waals surface area contributed by atoms with Gasteiger partial charge in [-0.2, -0.15) is 0 Å². The van der Waals surface area contributed by atoms with Gasteiger partial charge in [-0.15, -0.1) is 11.3 Å². The van der Waals surface area contributed by atoms with Crippen molar-refractivity contribution in [2.24, 2.45) is 5.73 Å². The van der Waals surface area contributed by atoms with E-state index in [-0.39, 0.29) is 41.1 Å². The molecule has 0 saturated carbocycles. The largest absolute Gasteiger partial charge is 0.497 e. The molecule has 4 N–H and O–H groups in total. The molecule has 0 aliphatic carbocycles. The molecule has 0 radical (unpaired) electrons. The first kappa shape index (κ1) is 23.3. The first-order valence-corrected chi connectivity index (χ1v) is 9.91. The number of carbonyl (C=O) groups is 3. The summed E-state index contributed by atoms with van der Waals surface area (Å²) in [5.74, 6) is -0.988. The fraction of sp³-hybridized carbons (Fsp3) is 0.350. The van der Waals surface area contributed by atoms with Crippen LogP contribution in [0.15, 0.2) is 24.3 Å². The third-order valence-corrected chi connectivity index (χ3v) is 5.32. The lowest BCUT2D eigenvalue weighted by Gasteiger charge is -2.09. The van der Waals surface area contributed by atoms with Crippen molar-refractivity contribution in [3.8, 4) is 5.75 Å². The molecule has 0 aliphatic heterocycles. The average molecular weight is 436 g/mol. The SMILES string of the molecule is COCCOC(=O)c1c(NC(=O)CNCc2cccc(OC)c2)sc(C(N)=O)c1C. The van der Waals surface area contributed by atoms with Crippen LogP contribution >= 0.6 is 11.3 Å². The Morgan fingerprint density at radius 3 is 2.60 bits per heavy atom. The van der Waals surface area contributed by atoms with Crippen LogP contribution in [0, 0.1) is 6.92 Å². The van der Waals surface area contributed by atoms with E-state index in [0.29, 0.717) is 12.1 Å². The summed E-state index contributed by atoms with van der Waals surface area (Å²) in [6.07, 6.45) is 0. The summed E-state index contributed by atoms with van der Waals surface area (Å²) in [6, 6.07) is 7.46. The topological polar surface area (TPSA) is 129 Å². The first-order chi connectivity index (χ1) is 14.4. The minimum absolute atomic E-state index is 0.00176. The maximum absolute atomic E-state index is 12.4. The van der Waals surface area contributed by atoms with Crippen LogP contribution in [-0.2, 0) is 20.8 Å². The third-order valence-electron chi connectivity index (χ3n) is 4.10. The first-order valence-electron chi connectivity index (χ1n) is 9.10. The molecule has 0 aliphatic rings. The Labute approximate surface area is 178 Å². The maximum Gasteiger partial charge on any atom is 0.341 e. The standard InChI is InChI=1S/C20H25N3O6S/c1-12-16(20(26)29-8-7-27-2)19(30-17(12)18(21)25)23-15(24)11-22-10-13-5-4-6-14(9-13)28-3/h4-6,9,22H,7-8,10-11H2,1-3H3,(H2,21,25)(H,23,24). The van der Waals surface area contributed by atoms with Gasteiger partial charge in [0, 0.05) is 13.7 Å². The summed E-state index contributed by atoms with van der Waals surface area (Å²) in [5, 5.41) is 5.90. The van der Waals surface area contributed by atoms with Crippen LogP contribution in [0.1, 0.15) is 31.2 Å². The van der Waals surface area contributed by atoms with E-state index >= 15 is 0 Å². The number of benzene rings is 1. The Morgan fingerprint density at radius 2 is 1.93 bits per heavy atom. The van der Waals surface area contributed by atoms with Crippen LogP contribution < -0.4 is 21.1 Å². The monoisotopic (exact) mass is 435 g/mol. The van der Waals surface area contributed by atoms with Crippen molar-refractivity contribution in [3.63, 3.8) is 0 Å². The highest BCUT2D eigenvalue weighted by atomic mass is 32.1. The Morgan fingerprint density at radius 1 is 1.17 bits per heavy atom. The Bertz CT molecular complexity index is 912. The lowest BCUT2D eigenvalue weighted by atomic mass is 10.1.